The molecule has 0 aromatic carbocycles. The van der Waals surface area contributed by atoms with Gasteiger partial charge in [0, 0.05) is 6.20 Å². The molecule has 2 N–H and O–H groups in total. The molecule has 0 aliphatic rings. The Labute approximate surface area is 94.0 Å². The zero-order valence-corrected chi connectivity index (χ0v) is 9.18. The molecule has 0 saturated heterocycles. The van der Waals surface area contributed by atoms with Crippen LogP contribution >= 0.6 is 15.9 Å². The average molecular weight is 267 g/mol. The lowest BCUT2D eigenvalue weighted by molar-refractivity contribution is 0.0995. The predicted molar refractivity (Wildman–Crippen MR) is 57.6 cm³/mol. The molecule has 0 radical (unpaired) electrons. The first-order valence-corrected chi connectivity index (χ1v) is 4.93. The van der Waals surface area contributed by atoms with E-state index in [2.05, 4.69) is 26.0 Å². The summed E-state index contributed by atoms with van der Waals surface area (Å²) < 4.78 is 2.39. The van der Waals surface area contributed by atoms with Crippen LogP contribution in [0.25, 0.3) is 5.82 Å². The molecule has 2 rings (SSSR count). The van der Waals surface area contributed by atoms with Gasteiger partial charge in [-0.15, -0.1) is 0 Å². The van der Waals surface area contributed by atoms with Crippen molar-refractivity contribution < 1.29 is 4.79 Å². The van der Waals surface area contributed by atoms with Crippen LogP contribution in [0.15, 0.2) is 35.1 Å². The van der Waals surface area contributed by atoms with Gasteiger partial charge in [-0.2, -0.15) is 5.10 Å². The number of carbonyl (C=O) groups is 1. The minimum absolute atomic E-state index is 0.221. The highest BCUT2D eigenvalue weighted by molar-refractivity contribution is 9.10. The Morgan fingerprint density at radius 2 is 2.27 bits per heavy atom. The number of aromatic nitrogens is 3. The molecular formula is C9H7BrN4O. The molecule has 0 aliphatic carbocycles. The molecule has 0 bridgehead atoms. The van der Waals surface area contributed by atoms with E-state index in [0.717, 1.165) is 4.47 Å². The van der Waals surface area contributed by atoms with Gasteiger partial charge >= 0.3 is 0 Å². The first-order valence-electron chi connectivity index (χ1n) is 4.14. The maximum absolute atomic E-state index is 10.9. The van der Waals surface area contributed by atoms with Crippen LogP contribution in [0.3, 0.4) is 0 Å². The van der Waals surface area contributed by atoms with Gasteiger partial charge in [0.05, 0.1) is 10.7 Å². The lowest BCUT2D eigenvalue weighted by Gasteiger charge is -2.00. The van der Waals surface area contributed by atoms with E-state index in [1.807, 2.05) is 0 Å². The van der Waals surface area contributed by atoms with Crippen LogP contribution < -0.4 is 5.73 Å². The minimum atomic E-state index is -0.553. The summed E-state index contributed by atoms with van der Waals surface area (Å²) in [6.07, 6.45) is 3.38. The molecule has 0 fully saturated rings. The zero-order chi connectivity index (χ0) is 10.8. The van der Waals surface area contributed by atoms with E-state index < -0.39 is 5.91 Å². The van der Waals surface area contributed by atoms with Crippen molar-refractivity contribution in [2.24, 2.45) is 5.73 Å². The van der Waals surface area contributed by atoms with Crippen molar-refractivity contribution in [3.8, 4) is 5.82 Å². The number of amides is 1. The molecule has 2 aromatic heterocycles. The molecule has 0 spiro atoms. The molecule has 2 heterocycles. The number of nitrogens with zero attached hydrogens (tertiary/aromatic N) is 3. The fourth-order valence-corrected chi connectivity index (χ4v) is 1.40. The van der Waals surface area contributed by atoms with Crippen molar-refractivity contribution in [1.29, 1.82) is 0 Å². The molecule has 0 saturated carbocycles. The van der Waals surface area contributed by atoms with Crippen molar-refractivity contribution in [1.82, 2.24) is 14.8 Å². The number of pyridine rings is 1. The van der Waals surface area contributed by atoms with Gasteiger partial charge in [0.2, 0.25) is 0 Å². The summed E-state index contributed by atoms with van der Waals surface area (Å²) in [4.78, 5) is 15.0. The van der Waals surface area contributed by atoms with Gasteiger partial charge in [0.25, 0.3) is 5.91 Å². The van der Waals surface area contributed by atoms with Crippen molar-refractivity contribution in [2.45, 2.75) is 0 Å². The summed E-state index contributed by atoms with van der Waals surface area (Å²) in [5.74, 6) is 0.0000665. The Kier molecular flexibility index (Phi) is 2.51. The Hall–Kier alpha value is -1.69. The van der Waals surface area contributed by atoms with Crippen molar-refractivity contribution in [3.05, 3.63) is 40.8 Å². The molecule has 5 nitrogen and oxygen atoms in total. The Morgan fingerprint density at radius 3 is 2.87 bits per heavy atom. The van der Waals surface area contributed by atoms with Gasteiger partial charge < -0.3 is 5.73 Å². The third kappa shape index (κ3) is 2.04. The van der Waals surface area contributed by atoms with E-state index in [-0.39, 0.29) is 5.69 Å². The number of halogens is 1. The van der Waals surface area contributed by atoms with Crippen molar-refractivity contribution in [2.75, 3.05) is 0 Å². The second-order valence-corrected chi connectivity index (χ2v) is 3.76. The van der Waals surface area contributed by atoms with Crippen molar-refractivity contribution >= 4 is 21.8 Å². The van der Waals surface area contributed by atoms with Crippen LogP contribution in [0.2, 0.25) is 0 Å². The average Bonchev–Trinajstić information content (AvgIpc) is 2.65. The molecule has 2 aromatic rings. The molecule has 76 valence electrons. The van der Waals surface area contributed by atoms with Gasteiger partial charge in [-0.3, -0.25) is 4.79 Å². The van der Waals surface area contributed by atoms with Crippen LogP contribution in [0.1, 0.15) is 10.5 Å². The van der Waals surface area contributed by atoms with E-state index in [4.69, 9.17) is 5.73 Å². The maximum Gasteiger partial charge on any atom is 0.267 e. The third-order valence-corrected chi connectivity index (χ3v) is 2.18. The Balaban J connectivity index is 2.45. The molecule has 0 atom stereocenters. The maximum atomic E-state index is 10.9. The van der Waals surface area contributed by atoms with E-state index >= 15 is 0 Å². The number of hydrogen-bond donors (Lipinski definition) is 1. The topological polar surface area (TPSA) is 73.8 Å². The first-order chi connectivity index (χ1) is 7.16. The van der Waals surface area contributed by atoms with Crippen LogP contribution in [-0.4, -0.2) is 20.7 Å². The number of rotatable bonds is 2. The number of carbonyl (C=O) groups excluding carboxylic acids is 1. The van der Waals surface area contributed by atoms with E-state index in [1.54, 1.807) is 35.3 Å². The lowest BCUT2D eigenvalue weighted by atomic mass is 10.3. The molecule has 6 heteroatoms. The van der Waals surface area contributed by atoms with E-state index in [0.29, 0.717) is 5.82 Å². The minimum Gasteiger partial charge on any atom is -0.364 e. The highest BCUT2D eigenvalue weighted by Gasteiger charge is 2.05. The second-order valence-electron chi connectivity index (χ2n) is 2.85. The quantitative estimate of drug-likeness (QED) is 0.886. The Bertz CT molecular complexity index is 508. The molecular weight excluding hydrogens is 260 g/mol. The van der Waals surface area contributed by atoms with Gasteiger partial charge in [-0.25, -0.2) is 9.67 Å². The Morgan fingerprint density at radius 1 is 1.47 bits per heavy atom. The zero-order valence-electron chi connectivity index (χ0n) is 7.59. The summed E-state index contributed by atoms with van der Waals surface area (Å²) >= 11 is 3.27. The third-order valence-electron chi connectivity index (χ3n) is 1.77. The summed E-state index contributed by atoms with van der Waals surface area (Å²) in [7, 11) is 0. The van der Waals surface area contributed by atoms with E-state index in [9.17, 15) is 4.79 Å². The summed E-state index contributed by atoms with van der Waals surface area (Å²) in [5.41, 5.74) is 5.35. The van der Waals surface area contributed by atoms with Gasteiger partial charge in [-0.05, 0) is 28.1 Å². The fourth-order valence-electron chi connectivity index (χ4n) is 1.11. The van der Waals surface area contributed by atoms with Crippen LogP contribution in [-0.2, 0) is 0 Å². The number of nitrogens with two attached hydrogens (primary N) is 1. The molecule has 0 unspecified atom stereocenters. The fraction of sp³-hybridized carbons (Fsp3) is 0. The molecule has 1 amide bonds. The SMILES string of the molecule is NC(=O)c1cccc(-n2cc(Br)cn2)n1. The van der Waals surface area contributed by atoms with Crippen molar-refractivity contribution in [3.63, 3.8) is 0 Å². The van der Waals surface area contributed by atoms with Crippen LogP contribution in [0, 0.1) is 0 Å². The predicted octanol–water partition coefficient (Wildman–Crippen LogP) is 1.13. The normalized spacial score (nSPS) is 10.2. The van der Waals surface area contributed by atoms with Crippen LogP contribution in [0.5, 0.6) is 0 Å². The summed E-state index contributed by atoms with van der Waals surface area (Å²) in [6, 6.07) is 5.01. The number of primary amides is 1. The molecule has 15 heavy (non-hydrogen) atoms. The number of hydrogen-bond acceptors (Lipinski definition) is 3. The summed E-state index contributed by atoms with van der Waals surface area (Å²) in [6.45, 7) is 0. The van der Waals surface area contributed by atoms with Gasteiger partial charge in [-0.1, -0.05) is 6.07 Å². The molecule has 0 aliphatic heterocycles. The highest BCUT2D eigenvalue weighted by atomic mass is 79.9. The first kappa shape index (κ1) is 9.85. The monoisotopic (exact) mass is 266 g/mol. The highest BCUT2D eigenvalue weighted by Crippen LogP contribution is 2.10. The van der Waals surface area contributed by atoms with Gasteiger partial charge in [0.15, 0.2) is 5.82 Å². The standard InChI is InChI=1S/C9H7BrN4O/c10-6-4-12-14(5-6)8-3-1-2-7(13-8)9(11)15/h1-5H,(H2,11,15). The lowest BCUT2D eigenvalue weighted by Crippen LogP contribution is -2.14. The largest absolute Gasteiger partial charge is 0.364 e. The smallest absolute Gasteiger partial charge is 0.267 e. The van der Waals surface area contributed by atoms with E-state index in [1.165, 1.54) is 0 Å². The summed E-state index contributed by atoms with van der Waals surface area (Å²) in [5, 5.41) is 4.04. The van der Waals surface area contributed by atoms with Gasteiger partial charge in [0.1, 0.15) is 5.69 Å². The second kappa shape index (κ2) is 3.82. The van der Waals surface area contributed by atoms with Crippen LogP contribution in [0.4, 0.5) is 0 Å².